The lowest BCUT2D eigenvalue weighted by molar-refractivity contribution is -0.175. The van der Waals surface area contributed by atoms with Crippen LogP contribution in [0.4, 0.5) is 0 Å². The van der Waals surface area contributed by atoms with Crippen LogP contribution in [-0.4, -0.2) is 36.5 Å². The van der Waals surface area contributed by atoms with Crippen molar-refractivity contribution in [2.24, 2.45) is 10.8 Å². The van der Waals surface area contributed by atoms with Gasteiger partial charge >= 0.3 is 5.97 Å². The van der Waals surface area contributed by atoms with Crippen LogP contribution in [0.1, 0.15) is 37.7 Å². The summed E-state index contributed by atoms with van der Waals surface area (Å²) in [6.45, 7) is 1.34. The molecule has 0 aliphatic rings. The van der Waals surface area contributed by atoms with Crippen molar-refractivity contribution in [1.29, 1.82) is 5.53 Å². The Balaban J connectivity index is 0.000000660. The van der Waals surface area contributed by atoms with Crippen LogP contribution < -0.4 is 15.5 Å². The molecular formula is C17H29N4O4P. The Morgan fingerprint density at radius 2 is 1.88 bits per heavy atom. The molecule has 9 heteroatoms. The molecule has 0 aliphatic heterocycles. The fraction of sp³-hybridized carbons (Fsp3) is 0.588. The van der Waals surface area contributed by atoms with Crippen LogP contribution in [-0.2, 0) is 15.8 Å². The number of benzene rings is 1. The van der Waals surface area contributed by atoms with E-state index in [1.807, 2.05) is 30.3 Å². The van der Waals surface area contributed by atoms with Crippen LogP contribution >= 0.6 is 7.37 Å². The Labute approximate surface area is 154 Å². The molecule has 146 valence electrons. The number of carboxylic acids is 1. The van der Waals surface area contributed by atoms with Gasteiger partial charge < -0.3 is 20.3 Å². The quantitative estimate of drug-likeness (QED) is 0.218. The van der Waals surface area contributed by atoms with Gasteiger partial charge in [0.25, 0.3) is 0 Å². The van der Waals surface area contributed by atoms with E-state index < -0.39 is 13.3 Å². The number of hydrogen-bond acceptors (Lipinski definition) is 6. The molecule has 0 fully saturated rings. The normalized spacial score (nSPS) is 12.2. The zero-order valence-corrected chi connectivity index (χ0v) is 15.9. The summed E-state index contributed by atoms with van der Waals surface area (Å²) < 4.78 is 11.5. The average Bonchev–Trinajstić information content (AvgIpc) is 2.62. The zero-order chi connectivity index (χ0) is 19.7. The highest BCUT2D eigenvalue weighted by atomic mass is 31.2. The summed E-state index contributed by atoms with van der Waals surface area (Å²) in [7, 11) is -3.50. The molecule has 0 saturated heterocycles. The molecule has 1 aromatic carbocycles. The molecule has 1 rings (SSSR count). The molecule has 0 bridgehead atoms. The van der Waals surface area contributed by atoms with Gasteiger partial charge in [-0.15, -0.1) is 0 Å². The van der Waals surface area contributed by atoms with E-state index in [2.05, 4.69) is 10.0 Å². The van der Waals surface area contributed by atoms with Crippen molar-refractivity contribution in [1.82, 2.24) is 4.91 Å². The Morgan fingerprint density at radius 1 is 1.19 bits per heavy atom. The van der Waals surface area contributed by atoms with Crippen molar-refractivity contribution in [2.75, 3.05) is 25.4 Å². The van der Waals surface area contributed by atoms with Gasteiger partial charge in [0.2, 0.25) is 4.91 Å². The number of hydrogen-bond donors (Lipinski definition) is 3. The molecule has 8 nitrogen and oxygen atoms in total. The summed E-state index contributed by atoms with van der Waals surface area (Å²) in [4.78, 5) is 24.7. The van der Waals surface area contributed by atoms with Gasteiger partial charge in [-0.05, 0) is 56.5 Å². The van der Waals surface area contributed by atoms with Gasteiger partial charge in [0.1, 0.15) is 17.2 Å². The van der Waals surface area contributed by atoms with E-state index in [4.69, 9.17) is 16.4 Å². The predicted octanol–water partition coefficient (Wildman–Crippen LogP) is 2.40. The zero-order valence-electron chi connectivity index (χ0n) is 15.0. The predicted molar refractivity (Wildman–Crippen MR) is 99.4 cm³/mol. The minimum absolute atomic E-state index is 0.104. The molecule has 1 aromatic rings. The number of nitrogens with zero attached hydrogens (tertiary/aromatic N) is 2. The van der Waals surface area contributed by atoms with E-state index in [0.717, 1.165) is 25.7 Å². The molecule has 0 radical (unpaired) electrons. The van der Waals surface area contributed by atoms with Gasteiger partial charge in [0.15, 0.2) is 0 Å². The van der Waals surface area contributed by atoms with Gasteiger partial charge in [0, 0.05) is 7.37 Å². The highest BCUT2D eigenvalue weighted by molar-refractivity contribution is 7.56. The number of carboxylic acid groups (broad SMARTS) is 1. The first-order valence-corrected chi connectivity index (χ1v) is 10.7. The smallest absolute Gasteiger partial charge is 0.303 e. The molecule has 0 aliphatic carbocycles. The van der Waals surface area contributed by atoms with E-state index in [-0.39, 0.29) is 18.7 Å². The SMILES string of the molecule is N=[N+]=NCCCCN.O=C(O)CCP(=O)([O-])CCCCc1ccccc1. The molecule has 0 spiro atoms. The largest absolute Gasteiger partial charge is 0.799 e. The number of carbonyl (C=O) groups is 1. The minimum Gasteiger partial charge on any atom is -0.799 e. The number of aryl methyl sites for hydroxylation is 1. The van der Waals surface area contributed by atoms with E-state index in [9.17, 15) is 14.3 Å². The second kappa shape index (κ2) is 15.4. The fourth-order valence-electron chi connectivity index (χ4n) is 2.08. The summed E-state index contributed by atoms with van der Waals surface area (Å²) in [6, 6.07) is 9.89. The maximum Gasteiger partial charge on any atom is 0.303 e. The standard InChI is InChI=1S/C13H19O4P.C4H11N4/c14-13(15)9-11-18(16,17)10-5-4-8-12-6-2-1-3-7-12;5-3-1-2-4-7-8-6/h1-3,6-7H,4-5,8-11H2,(H,14,15)(H,16,17);6H,1-5H2/q;+1/p-1. The first-order valence-electron chi connectivity index (χ1n) is 8.69. The summed E-state index contributed by atoms with van der Waals surface area (Å²) in [5, 5.41) is 11.9. The monoisotopic (exact) mass is 384 g/mol. The van der Waals surface area contributed by atoms with Gasteiger partial charge in [0.05, 0.1) is 6.42 Å². The van der Waals surface area contributed by atoms with E-state index >= 15 is 0 Å². The van der Waals surface area contributed by atoms with Crippen molar-refractivity contribution in [3.05, 3.63) is 35.9 Å². The maximum absolute atomic E-state index is 11.5. The third-order valence-corrected chi connectivity index (χ3v) is 5.41. The minimum atomic E-state index is -3.50. The number of unbranched alkanes of at least 4 members (excludes halogenated alkanes) is 2. The van der Waals surface area contributed by atoms with E-state index in [0.29, 0.717) is 19.5 Å². The van der Waals surface area contributed by atoms with Crippen LogP contribution in [0, 0.1) is 5.53 Å². The van der Waals surface area contributed by atoms with Gasteiger partial charge in [-0.1, -0.05) is 30.3 Å². The Hall–Kier alpha value is -1.85. The first kappa shape index (κ1) is 24.1. The molecule has 1 atom stereocenters. The second-order valence-corrected chi connectivity index (χ2v) is 8.33. The molecule has 1 unspecified atom stereocenters. The summed E-state index contributed by atoms with van der Waals surface area (Å²) in [6.07, 6.45) is 3.76. The third kappa shape index (κ3) is 15.7. The highest BCUT2D eigenvalue weighted by Gasteiger charge is 2.10. The number of aliphatic carboxylic acids is 1. The number of nitrogens with two attached hydrogens (primary N) is 1. The van der Waals surface area contributed by atoms with Gasteiger partial charge in [-0.25, -0.2) is 0 Å². The van der Waals surface area contributed by atoms with E-state index in [1.165, 1.54) is 5.56 Å². The second-order valence-electron chi connectivity index (χ2n) is 5.81. The van der Waals surface area contributed by atoms with Gasteiger partial charge in [-0.3, -0.25) is 4.79 Å². The number of rotatable bonds is 12. The summed E-state index contributed by atoms with van der Waals surface area (Å²) in [5.41, 5.74) is 12.7. The topological polar surface area (TPSA) is 154 Å². The van der Waals surface area contributed by atoms with Crippen molar-refractivity contribution >= 4 is 13.3 Å². The fourth-order valence-corrected chi connectivity index (χ4v) is 3.54. The number of nitrogens with one attached hydrogen (secondary N) is 1. The van der Waals surface area contributed by atoms with Crippen molar-refractivity contribution in [3.63, 3.8) is 0 Å². The Kier molecular flexibility index (Phi) is 14.3. The lowest BCUT2D eigenvalue weighted by Gasteiger charge is -2.22. The van der Waals surface area contributed by atoms with Crippen LogP contribution in [0.15, 0.2) is 35.4 Å². The maximum atomic E-state index is 11.5. The lowest BCUT2D eigenvalue weighted by atomic mass is 10.1. The van der Waals surface area contributed by atoms with Crippen LogP contribution in [0.2, 0.25) is 0 Å². The summed E-state index contributed by atoms with van der Waals surface area (Å²) in [5.74, 6) is -1.06. The van der Waals surface area contributed by atoms with Crippen molar-refractivity contribution in [2.45, 2.75) is 38.5 Å². The highest BCUT2D eigenvalue weighted by Crippen LogP contribution is 2.37. The van der Waals surface area contributed by atoms with Crippen molar-refractivity contribution < 1.29 is 19.4 Å². The van der Waals surface area contributed by atoms with Gasteiger partial charge in [-0.2, -0.15) is 0 Å². The van der Waals surface area contributed by atoms with E-state index in [1.54, 1.807) is 0 Å². The molecule has 0 heterocycles. The molecule has 0 saturated carbocycles. The van der Waals surface area contributed by atoms with Crippen LogP contribution in [0.5, 0.6) is 0 Å². The molecule has 0 aromatic heterocycles. The summed E-state index contributed by atoms with van der Waals surface area (Å²) >= 11 is 0. The third-order valence-electron chi connectivity index (χ3n) is 3.51. The molecule has 26 heavy (non-hydrogen) atoms. The molecular weight excluding hydrogens is 355 g/mol. The van der Waals surface area contributed by atoms with Crippen LogP contribution in [0.25, 0.3) is 0 Å². The Morgan fingerprint density at radius 3 is 2.46 bits per heavy atom. The molecule has 4 N–H and O–H groups in total. The average molecular weight is 384 g/mol. The lowest BCUT2D eigenvalue weighted by Crippen LogP contribution is -2.12. The van der Waals surface area contributed by atoms with Crippen molar-refractivity contribution in [3.8, 4) is 0 Å². The Bertz CT molecular complexity index is 592. The molecule has 0 amide bonds. The first-order chi connectivity index (χ1) is 12.4. The van der Waals surface area contributed by atoms with Crippen LogP contribution in [0.3, 0.4) is 0 Å².